The zero-order valence-electron chi connectivity index (χ0n) is 11.6. The molecule has 0 saturated carbocycles. The molecule has 0 amide bonds. The van der Waals surface area contributed by atoms with E-state index in [1.165, 1.54) is 18.5 Å². The molecule has 1 aromatic rings. The molecule has 0 bridgehead atoms. The van der Waals surface area contributed by atoms with Gasteiger partial charge in [0.15, 0.2) is 6.61 Å². The Kier molecular flexibility index (Phi) is 4.78. The zero-order chi connectivity index (χ0) is 13.7. The molecule has 102 valence electrons. The van der Waals surface area contributed by atoms with E-state index in [1.807, 2.05) is 18.2 Å². The Labute approximate surface area is 115 Å². The van der Waals surface area contributed by atoms with E-state index >= 15 is 0 Å². The second-order valence-corrected chi connectivity index (χ2v) is 5.15. The molecule has 1 aliphatic rings. The van der Waals surface area contributed by atoms with Crippen molar-refractivity contribution in [1.82, 2.24) is 10.2 Å². The van der Waals surface area contributed by atoms with Crippen molar-refractivity contribution < 1.29 is 4.74 Å². The van der Waals surface area contributed by atoms with Crippen molar-refractivity contribution in [1.29, 1.82) is 5.26 Å². The number of nitrogens with one attached hydrogen (secondary N) is 1. The van der Waals surface area contributed by atoms with Crippen LogP contribution in [0.5, 0.6) is 5.75 Å². The SMILES string of the molecule is CC(NC1CCN(C)C1)c1ccc(OCC#N)cc1. The van der Waals surface area contributed by atoms with Gasteiger partial charge in [0, 0.05) is 18.6 Å². The molecule has 0 spiro atoms. The maximum Gasteiger partial charge on any atom is 0.174 e. The van der Waals surface area contributed by atoms with E-state index in [1.54, 1.807) is 0 Å². The van der Waals surface area contributed by atoms with Crippen LogP contribution in [0.4, 0.5) is 0 Å². The maximum atomic E-state index is 8.46. The highest BCUT2D eigenvalue weighted by atomic mass is 16.5. The summed E-state index contributed by atoms with van der Waals surface area (Å²) in [6.07, 6.45) is 1.21. The van der Waals surface area contributed by atoms with Gasteiger partial charge in [0.2, 0.25) is 0 Å². The van der Waals surface area contributed by atoms with Gasteiger partial charge in [-0.2, -0.15) is 5.26 Å². The van der Waals surface area contributed by atoms with Crippen LogP contribution in [0.2, 0.25) is 0 Å². The molecule has 4 nitrogen and oxygen atoms in total. The van der Waals surface area contributed by atoms with Crippen molar-refractivity contribution in [2.75, 3.05) is 26.7 Å². The number of likely N-dealkylation sites (tertiary alicyclic amines) is 1. The van der Waals surface area contributed by atoms with E-state index < -0.39 is 0 Å². The number of nitrogens with zero attached hydrogens (tertiary/aromatic N) is 2. The fourth-order valence-corrected chi connectivity index (χ4v) is 2.49. The van der Waals surface area contributed by atoms with Crippen LogP contribution in [0, 0.1) is 11.3 Å². The normalized spacial score (nSPS) is 21.0. The molecule has 1 N–H and O–H groups in total. The van der Waals surface area contributed by atoms with Crippen molar-refractivity contribution in [2.24, 2.45) is 0 Å². The molecule has 0 aliphatic carbocycles. The predicted octanol–water partition coefficient (Wildman–Crippen LogP) is 1.94. The molecule has 1 aromatic carbocycles. The van der Waals surface area contributed by atoms with Crippen molar-refractivity contribution in [3.63, 3.8) is 0 Å². The summed E-state index contributed by atoms with van der Waals surface area (Å²) in [6.45, 7) is 4.57. The highest BCUT2D eigenvalue weighted by Crippen LogP contribution is 2.19. The van der Waals surface area contributed by atoms with Crippen molar-refractivity contribution in [3.05, 3.63) is 29.8 Å². The lowest BCUT2D eigenvalue weighted by atomic mass is 10.1. The third-order valence-electron chi connectivity index (χ3n) is 3.56. The van der Waals surface area contributed by atoms with Crippen LogP contribution >= 0.6 is 0 Å². The van der Waals surface area contributed by atoms with E-state index in [9.17, 15) is 0 Å². The standard InChI is InChI=1S/C15H21N3O/c1-12(17-14-7-9-18(2)11-14)13-3-5-15(6-4-13)19-10-8-16/h3-6,12,14,17H,7,9-11H2,1-2H3. The van der Waals surface area contributed by atoms with Crippen LogP contribution in [0.1, 0.15) is 24.9 Å². The molecule has 1 saturated heterocycles. The second kappa shape index (κ2) is 6.55. The molecule has 4 heteroatoms. The van der Waals surface area contributed by atoms with Gasteiger partial charge in [0.05, 0.1) is 0 Å². The fourth-order valence-electron chi connectivity index (χ4n) is 2.49. The Bertz CT molecular complexity index is 438. The van der Waals surface area contributed by atoms with Crippen LogP contribution < -0.4 is 10.1 Å². The number of hydrogen-bond acceptors (Lipinski definition) is 4. The third-order valence-corrected chi connectivity index (χ3v) is 3.56. The molecular formula is C15H21N3O. The first-order chi connectivity index (χ1) is 9.19. The Hall–Kier alpha value is -1.57. The van der Waals surface area contributed by atoms with E-state index in [2.05, 4.69) is 36.3 Å². The van der Waals surface area contributed by atoms with Gasteiger partial charge in [-0.1, -0.05) is 12.1 Å². The van der Waals surface area contributed by atoms with Gasteiger partial charge >= 0.3 is 0 Å². The first-order valence-electron chi connectivity index (χ1n) is 6.73. The molecular weight excluding hydrogens is 238 g/mol. The minimum absolute atomic E-state index is 0.0988. The summed E-state index contributed by atoms with van der Waals surface area (Å²) in [5.41, 5.74) is 1.25. The predicted molar refractivity (Wildman–Crippen MR) is 75.0 cm³/mol. The largest absolute Gasteiger partial charge is 0.479 e. The molecule has 0 radical (unpaired) electrons. The minimum Gasteiger partial charge on any atom is -0.479 e. The Balaban J connectivity index is 1.88. The van der Waals surface area contributed by atoms with Gasteiger partial charge in [-0.05, 0) is 44.6 Å². The number of rotatable bonds is 5. The number of benzene rings is 1. The monoisotopic (exact) mass is 259 g/mol. The summed E-state index contributed by atoms with van der Waals surface area (Å²) in [5, 5.41) is 12.1. The quantitative estimate of drug-likeness (QED) is 0.878. The summed E-state index contributed by atoms with van der Waals surface area (Å²) in [5.74, 6) is 0.748. The van der Waals surface area contributed by atoms with Crippen molar-refractivity contribution >= 4 is 0 Å². The lowest BCUT2D eigenvalue weighted by molar-refractivity contribution is 0.367. The topological polar surface area (TPSA) is 48.3 Å². The summed E-state index contributed by atoms with van der Waals surface area (Å²) in [6, 6.07) is 10.8. The highest BCUT2D eigenvalue weighted by molar-refractivity contribution is 5.29. The van der Waals surface area contributed by atoms with E-state index in [4.69, 9.17) is 10.00 Å². The maximum absolute atomic E-state index is 8.46. The van der Waals surface area contributed by atoms with Crippen LogP contribution in [-0.2, 0) is 0 Å². The first kappa shape index (κ1) is 13.9. The molecule has 2 atom stereocenters. The van der Waals surface area contributed by atoms with Gasteiger partial charge in [-0.15, -0.1) is 0 Å². The molecule has 0 aromatic heterocycles. The van der Waals surface area contributed by atoms with Crippen LogP contribution in [0.3, 0.4) is 0 Å². The molecule has 2 unspecified atom stereocenters. The summed E-state index contributed by atoms with van der Waals surface area (Å²) >= 11 is 0. The smallest absolute Gasteiger partial charge is 0.174 e. The Morgan fingerprint density at radius 2 is 2.21 bits per heavy atom. The second-order valence-electron chi connectivity index (χ2n) is 5.15. The highest BCUT2D eigenvalue weighted by Gasteiger charge is 2.21. The van der Waals surface area contributed by atoms with Crippen molar-refractivity contribution in [2.45, 2.75) is 25.4 Å². The van der Waals surface area contributed by atoms with E-state index in [0.717, 1.165) is 12.3 Å². The van der Waals surface area contributed by atoms with Crippen molar-refractivity contribution in [3.8, 4) is 11.8 Å². The number of hydrogen-bond donors (Lipinski definition) is 1. The van der Waals surface area contributed by atoms with Gasteiger partial charge in [-0.3, -0.25) is 0 Å². The van der Waals surface area contributed by atoms with Gasteiger partial charge < -0.3 is 15.0 Å². The lowest BCUT2D eigenvalue weighted by Crippen LogP contribution is -2.33. The number of likely N-dealkylation sites (N-methyl/N-ethyl adjacent to an activating group) is 1. The Morgan fingerprint density at radius 3 is 2.79 bits per heavy atom. The molecule has 1 fully saturated rings. The van der Waals surface area contributed by atoms with Crippen LogP contribution in [-0.4, -0.2) is 37.7 Å². The third kappa shape index (κ3) is 3.95. The van der Waals surface area contributed by atoms with Gasteiger partial charge in [0.1, 0.15) is 11.8 Å². The zero-order valence-corrected chi connectivity index (χ0v) is 11.6. The lowest BCUT2D eigenvalue weighted by Gasteiger charge is -2.20. The van der Waals surface area contributed by atoms with Crippen LogP contribution in [0.15, 0.2) is 24.3 Å². The summed E-state index contributed by atoms with van der Waals surface area (Å²) in [4.78, 5) is 2.35. The first-order valence-corrected chi connectivity index (χ1v) is 6.73. The van der Waals surface area contributed by atoms with Gasteiger partial charge in [0.25, 0.3) is 0 Å². The van der Waals surface area contributed by atoms with E-state index in [-0.39, 0.29) is 6.61 Å². The molecule has 2 rings (SSSR count). The Morgan fingerprint density at radius 1 is 1.47 bits per heavy atom. The molecule has 1 heterocycles. The minimum atomic E-state index is 0.0988. The molecule has 1 aliphatic heterocycles. The van der Waals surface area contributed by atoms with E-state index in [0.29, 0.717) is 12.1 Å². The number of nitriles is 1. The number of ether oxygens (including phenoxy) is 1. The summed E-state index contributed by atoms with van der Waals surface area (Å²) in [7, 11) is 2.16. The average molecular weight is 259 g/mol. The molecule has 19 heavy (non-hydrogen) atoms. The fraction of sp³-hybridized carbons (Fsp3) is 0.533. The average Bonchev–Trinajstić information content (AvgIpc) is 2.82. The van der Waals surface area contributed by atoms with Gasteiger partial charge in [-0.25, -0.2) is 0 Å². The van der Waals surface area contributed by atoms with Crippen LogP contribution in [0.25, 0.3) is 0 Å². The summed E-state index contributed by atoms with van der Waals surface area (Å²) < 4.78 is 5.25.